The Bertz CT molecular complexity index is 2450. The number of alkyl halides is 1. The van der Waals surface area contributed by atoms with E-state index in [0.29, 0.717) is 53.3 Å². The van der Waals surface area contributed by atoms with Gasteiger partial charge in [0.2, 0.25) is 0 Å². The quantitative estimate of drug-likeness (QED) is 0.114. The molecular weight excluding hydrogens is 885 g/mol. The SMILES string of the molecule is CC(C)(C)[O-].CC[C@H]1O[C@@H](n2cnc3c(N)ncnc32)[C@@H]2OC(=O)N(Cc3ccccc3)[C@@H]21.CC[C@H]1O[C@@H](n2cnc3c(N)ncnc32)[C@H](OC(=O)CCc2ccccc2)[C@H]1Br.[Na+]. The minimum atomic E-state index is -0.750. The largest absolute Gasteiger partial charge is 1.00 e. The van der Waals surface area contributed by atoms with Crippen molar-refractivity contribution in [3.8, 4) is 0 Å². The van der Waals surface area contributed by atoms with Gasteiger partial charge in [-0.25, -0.2) is 34.7 Å². The maximum atomic E-state index is 12.7. The molecule has 0 aliphatic carbocycles. The summed E-state index contributed by atoms with van der Waals surface area (Å²) in [6.45, 7) is 9.45. The smallest absolute Gasteiger partial charge is 0.850 e. The number of amides is 1. The van der Waals surface area contributed by atoms with Crippen LogP contribution in [0.15, 0.2) is 86.0 Å². The molecule has 4 aromatic heterocycles. The molecule has 18 nitrogen and oxygen atoms in total. The summed E-state index contributed by atoms with van der Waals surface area (Å²) >= 11 is 3.67. The van der Waals surface area contributed by atoms with Crippen LogP contribution in [0.3, 0.4) is 0 Å². The van der Waals surface area contributed by atoms with Gasteiger partial charge in [0.05, 0.1) is 29.7 Å². The van der Waals surface area contributed by atoms with Crippen molar-refractivity contribution in [3.05, 3.63) is 97.1 Å². The Morgan fingerprint density at radius 1 is 0.794 bits per heavy atom. The number of hydrogen-bond donors (Lipinski definition) is 2. The molecule has 2 aromatic carbocycles. The molecule has 0 bridgehead atoms. The van der Waals surface area contributed by atoms with Crippen molar-refractivity contribution in [1.29, 1.82) is 0 Å². The zero-order valence-corrected chi connectivity index (χ0v) is 39.7. The van der Waals surface area contributed by atoms with Crippen molar-refractivity contribution in [1.82, 2.24) is 43.9 Å². The minimum absolute atomic E-state index is 0. The van der Waals surface area contributed by atoms with Crippen LogP contribution in [-0.4, -0.2) is 96.9 Å². The first-order valence-electron chi connectivity index (χ1n) is 20.5. The first kappa shape index (κ1) is 47.7. The number of esters is 1. The van der Waals surface area contributed by atoms with Crippen molar-refractivity contribution in [2.45, 2.75) is 120 Å². The zero-order valence-electron chi connectivity index (χ0n) is 36.2. The molecule has 20 heteroatoms. The second kappa shape index (κ2) is 20.8. The summed E-state index contributed by atoms with van der Waals surface area (Å²) in [7, 11) is 0. The number of anilines is 2. The van der Waals surface area contributed by atoms with Gasteiger partial charge in [0.15, 0.2) is 47.6 Å². The van der Waals surface area contributed by atoms with Gasteiger partial charge in [-0.05, 0) is 30.4 Å². The number of fused-ring (bicyclic) bond motifs is 3. The molecule has 1 amide bonds. The number of aryl methyl sites for hydroxylation is 1. The number of imidazole rings is 2. The number of carbonyl (C=O) groups excluding carboxylic acids is 2. The number of benzene rings is 2. The Hall–Kier alpha value is -4.76. The van der Waals surface area contributed by atoms with Crippen LogP contribution in [0, 0.1) is 0 Å². The summed E-state index contributed by atoms with van der Waals surface area (Å²) in [5.74, 6) is 0.331. The number of aromatic nitrogens is 8. The molecule has 0 unspecified atom stereocenters. The monoisotopic (exact) mass is 935 g/mol. The predicted octanol–water partition coefficient (Wildman–Crippen LogP) is 2.28. The Labute approximate surface area is 395 Å². The van der Waals surface area contributed by atoms with Gasteiger partial charge in [-0.2, -0.15) is 0 Å². The van der Waals surface area contributed by atoms with E-state index in [1.54, 1.807) is 47.5 Å². The number of ether oxygens (including phenoxy) is 4. The van der Waals surface area contributed by atoms with Gasteiger partial charge in [-0.3, -0.25) is 18.8 Å². The number of nitrogens with two attached hydrogens (primary N) is 2. The summed E-state index contributed by atoms with van der Waals surface area (Å²) in [4.78, 5) is 52.0. The maximum absolute atomic E-state index is 12.7. The van der Waals surface area contributed by atoms with E-state index in [1.807, 2.05) is 74.5 Å². The van der Waals surface area contributed by atoms with E-state index in [-0.39, 0.29) is 64.7 Å². The average Bonchev–Trinajstić information content (AvgIpc) is 4.08. The van der Waals surface area contributed by atoms with Crippen LogP contribution in [0.1, 0.15) is 77.5 Å². The number of rotatable bonds is 10. The number of hydrogen-bond acceptors (Lipinski definition) is 15. The standard InChI is InChI=1S/C20H22BrN5O3.C19H20N6O3.C4H9O.Na/c1-2-13-15(21)17(29-14(27)9-8-12-6-4-3-5-7-12)20(28-13)26-11-25-16-18(22)23-10-24-19(16)26;1-2-12-14-15(28-19(26)24(14)8-11-6-4-3-5-7-11)18(27-12)25-10-23-13-16(20)21-9-22-17(13)25;1-4(2,3)5;/h3-7,10-11,13,15,17,20H,2,8-9H2,1H3,(H2,22,23,24);3-7,9-10,12,14-15,18H,2,8H2,1H3,(H2,20,21,22);1-3H3;/q;;-1;+1/t13-,15+,17-,20-;12-,14-,15-,18-;;/m11../s1. The number of nitrogens with zero attached hydrogens (tertiary/aromatic N) is 9. The van der Waals surface area contributed by atoms with Gasteiger partial charge in [-0.15, -0.1) is 5.60 Å². The van der Waals surface area contributed by atoms with Crippen molar-refractivity contribution in [2.75, 3.05) is 11.5 Å². The molecule has 3 fully saturated rings. The Balaban J connectivity index is 0.000000187. The van der Waals surface area contributed by atoms with Crippen molar-refractivity contribution >= 4 is 62.0 Å². The van der Waals surface area contributed by atoms with E-state index in [9.17, 15) is 14.7 Å². The van der Waals surface area contributed by atoms with Crippen molar-refractivity contribution in [2.24, 2.45) is 0 Å². The number of nitrogen functional groups attached to an aromatic ring is 2. The average molecular weight is 937 g/mol. The molecule has 4 N–H and O–H groups in total. The molecule has 3 aliphatic heterocycles. The topological polar surface area (TPSA) is 237 Å². The summed E-state index contributed by atoms with van der Waals surface area (Å²) < 4.78 is 27.6. The molecule has 7 heterocycles. The fraction of sp³-hybridized carbons (Fsp3) is 0.442. The van der Waals surface area contributed by atoms with E-state index in [2.05, 4.69) is 45.8 Å². The molecule has 3 aliphatic rings. The van der Waals surface area contributed by atoms with Crippen molar-refractivity contribution in [3.63, 3.8) is 0 Å². The third kappa shape index (κ3) is 11.0. The normalized spacial score (nSPS) is 23.9. The van der Waals surface area contributed by atoms with Crippen molar-refractivity contribution < 1.29 is 63.2 Å². The number of halogens is 1. The zero-order chi connectivity index (χ0) is 44.1. The molecule has 3 saturated heterocycles. The molecule has 6 aromatic rings. The van der Waals surface area contributed by atoms with Gasteiger partial charge in [-0.1, -0.05) is 111 Å². The first-order chi connectivity index (χ1) is 29.7. The molecule has 328 valence electrons. The second-order valence-electron chi connectivity index (χ2n) is 16.1. The fourth-order valence-corrected chi connectivity index (χ4v) is 8.49. The molecule has 63 heavy (non-hydrogen) atoms. The molecule has 9 rings (SSSR count). The van der Waals surface area contributed by atoms with Gasteiger partial charge >= 0.3 is 41.6 Å². The maximum Gasteiger partial charge on any atom is 1.00 e. The van der Waals surface area contributed by atoms with Gasteiger partial charge < -0.3 is 35.5 Å². The summed E-state index contributed by atoms with van der Waals surface area (Å²) in [5.41, 5.74) is 15.3. The molecule has 0 saturated carbocycles. The summed E-state index contributed by atoms with van der Waals surface area (Å²) in [6.07, 6.45) is 5.81. The fourth-order valence-electron chi connectivity index (χ4n) is 7.62. The Morgan fingerprint density at radius 2 is 1.30 bits per heavy atom. The van der Waals surface area contributed by atoms with Crippen LogP contribution < -0.4 is 46.1 Å². The van der Waals surface area contributed by atoms with Gasteiger partial charge in [0.1, 0.15) is 29.7 Å². The Kier molecular flexibility index (Phi) is 15.8. The van der Waals surface area contributed by atoms with E-state index < -0.39 is 30.3 Å². The van der Waals surface area contributed by atoms with E-state index in [1.165, 1.54) is 12.7 Å². The molecule has 0 spiro atoms. The Morgan fingerprint density at radius 3 is 1.84 bits per heavy atom. The third-order valence-corrected chi connectivity index (χ3v) is 11.6. The molecule has 8 atom stereocenters. The van der Waals surface area contributed by atoms with Crippen LogP contribution in [0.2, 0.25) is 0 Å². The van der Waals surface area contributed by atoms with Crippen LogP contribution in [0.4, 0.5) is 16.4 Å². The third-order valence-electron chi connectivity index (χ3n) is 10.5. The van der Waals surface area contributed by atoms with Crippen LogP contribution in [0.5, 0.6) is 0 Å². The van der Waals surface area contributed by atoms with Crippen LogP contribution in [-0.2, 0) is 36.7 Å². The van der Waals surface area contributed by atoms with Crippen LogP contribution >= 0.6 is 15.9 Å². The van der Waals surface area contributed by atoms with E-state index in [4.69, 9.17) is 30.4 Å². The van der Waals surface area contributed by atoms with Crippen LogP contribution in [0.25, 0.3) is 22.3 Å². The minimum Gasteiger partial charge on any atom is -0.850 e. The van der Waals surface area contributed by atoms with Gasteiger partial charge in [0, 0.05) is 13.0 Å². The first-order valence-corrected chi connectivity index (χ1v) is 21.4. The predicted molar refractivity (Wildman–Crippen MR) is 231 cm³/mol. The summed E-state index contributed by atoms with van der Waals surface area (Å²) in [6, 6.07) is 19.6. The molecular formula is C43H51BrN11NaO7. The van der Waals surface area contributed by atoms with E-state index >= 15 is 0 Å². The summed E-state index contributed by atoms with van der Waals surface area (Å²) in [5, 5.41) is 10.1. The number of carbonyl (C=O) groups is 2. The second-order valence-corrected chi connectivity index (χ2v) is 17.1. The van der Waals surface area contributed by atoms with Gasteiger partial charge in [0.25, 0.3) is 0 Å². The molecule has 0 radical (unpaired) electrons. The van der Waals surface area contributed by atoms with E-state index in [0.717, 1.165) is 24.0 Å².